The van der Waals surface area contributed by atoms with E-state index in [1.807, 2.05) is 6.20 Å². The van der Waals surface area contributed by atoms with Crippen molar-refractivity contribution in [2.75, 3.05) is 19.7 Å². The molecule has 118 valence electrons. The fourth-order valence-corrected chi connectivity index (χ4v) is 3.77. The Hall–Kier alpha value is -2.34. The second kappa shape index (κ2) is 5.70. The number of thiazole rings is 1. The van der Waals surface area contributed by atoms with Crippen molar-refractivity contribution in [2.24, 2.45) is 0 Å². The van der Waals surface area contributed by atoms with Crippen molar-refractivity contribution in [3.8, 4) is 11.3 Å². The smallest absolute Gasteiger partial charge is 0.409 e. The minimum absolute atomic E-state index is 0.214. The van der Waals surface area contributed by atoms with E-state index in [1.165, 1.54) is 10.9 Å². The number of hydrogen-bond acceptors (Lipinski definition) is 4. The molecular weight excluding hydrogens is 310 g/mol. The number of nitrogens with one attached hydrogen (secondary N) is 1. The first kappa shape index (κ1) is 14.3. The number of nitrogens with zero attached hydrogens (tertiary/aromatic N) is 2. The largest absolute Gasteiger partial charge is 0.448 e. The molecular formula is C17H17N3O2S. The van der Waals surface area contributed by atoms with Crippen LogP contribution in [0.1, 0.15) is 10.6 Å². The number of amides is 1. The zero-order valence-corrected chi connectivity index (χ0v) is 13.7. The van der Waals surface area contributed by atoms with Gasteiger partial charge in [-0.05, 0) is 18.6 Å². The molecule has 3 aromatic rings. The molecule has 1 saturated heterocycles. The Bertz CT molecular complexity index is 868. The number of fused-ring (bicyclic) bond motifs is 1. The molecule has 1 aliphatic heterocycles. The van der Waals surface area contributed by atoms with E-state index in [4.69, 9.17) is 9.72 Å². The predicted octanol–water partition coefficient (Wildman–Crippen LogP) is 3.59. The van der Waals surface area contributed by atoms with Crippen LogP contribution < -0.4 is 0 Å². The van der Waals surface area contributed by atoms with E-state index < -0.39 is 0 Å². The van der Waals surface area contributed by atoms with Crippen LogP contribution >= 0.6 is 11.3 Å². The van der Waals surface area contributed by atoms with Crippen molar-refractivity contribution in [1.29, 1.82) is 0 Å². The third-order valence-electron chi connectivity index (χ3n) is 4.18. The molecule has 2 aromatic heterocycles. The number of benzene rings is 1. The number of ether oxygens (including phenoxy) is 1. The van der Waals surface area contributed by atoms with Crippen molar-refractivity contribution in [2.45, 2.75) is 13.3 Å². The summed E-state index contributed by atoms with van der Waals surface area (Å²) in [4.78, 5) is 21.3. The topological polar surface area (TPSA) is 58.2 Å². The average molecular weight is 327 g/mol. The van der Waals surface area contributed by atoms with E-state index in [0.717, 1.165) is 28.2 Å². The highest BCUT2D eigenvalue weighted by Gasteiger charge is 2.21. The molecule has 0 bridgehead atoms. The maximum absolute atomic E-state index is 11.5. The van der Waals surface area contributed by atoms with E-state index in [0.29, 0.717) is 19.7 Å². The summed E-state index contributed by atoms with van der Waals surface area (Å²) in [6, 6.07) is 6.25. The second-order valence-corrected chi connectivity index (χ2v) is 6.62. The van der Waals surface area contributed by atoms with Gasteiger partial charge in [-0.1, -0.05) is 12.1 Å². The Kier molecular flexibility index (Phi) is 3.53. The van der Waals surface area contributed by atoms with Gasteiger partial charge in [-0.15, -0.1) is 11.3 Å². The highest BCUT2D eigenvalue weighted by molar-refractivity contribution is 7.10. The van der Waals surface area contributed by atoms with Crippen LogP contribution in [0.3, 0.4) is 0 Å². The summed E-state index contributed by atoms with van der Waals surface area (Å²) < 4.78 is 4.95. The number of rotatable bonds is 4. The summed E-state index contributed by atoms with van der Waals surface area (Å²) in [6.07, 6.45) is 2.57. The van der Waals surface area contributed by atoms with Gasteiger partial charge in [-0.25, -0.2) is 9.78 Å². The van der Waals surface area contributed by atoms with Crippen molar-refractivity contribution >= 4 is 28.3 Å². The van der Waals surface area contributed by atoms with E-state index in [9.17, 15) is 4.79 Å². The molecule has 1 amide bonds. The fourth-order valence-electron chi connectivity index (χ4n) is 2.98. The molecule has 0 saturated carbocycles. The van der Waals surface area contributed by atoms with Crippen molar-refractivity contribution < 1.29 is 9.53 Å². The Morgan fingerprint density at radius 3 is 3.17 bits per heavy atom. The zero-order valence-electron chi connectivity index (χ0n) is 12.8. The van der Waals surface area contributed by atoms with Crippen molar-refractivity contribution in [1.82, 2.24) is 14.9 Å². The molecule has 3 heterocycles. The van der Waals surface area contributed by atoms with Crippen LogP contribution in [0, 0.1) is 6.92 Å². The Morgan fingerprint density at radius 1 is 1.43 bits per heavy atom. The number of carbonyl (C=O) groups is 1. The lowest BCUT2D eigenvalue weighted by atomic mass is 10.1. The number of aryl methyl sites for hydroxylation is 1. The van der Waals surface area contributed by atoms with Gasteiger partial charge in [0, 0.05) is 41.0 Å². The standard InChI is InChI=1S/C17H17N3O2S/c1-11-3-2-4-13-16(11)12(9-18-13)14-10-23-15(19-14)5-6-20-7-8-22-17(20)21/h2-4,9-10,18H,5-8H2,1H3. The van der Waals surface area contributed by atoms with Gasteiger partial charge in [-0.3, -0.25) is 0 Å². The molecule has 5 nitrogen and oxygen atoms in total. The summed E-state index contributed by atoms with van der Waals surface area (Å²) in [5.74, 6) is 0. The maximum Gasteiger partial charge on any atom is 0.409 e. The third-order valence-corrected chi connectivity index (χ3v) is 5.09. The second-order valence-electron chi connectivity index (χ2n) is 5.68. The van der Waals surface area contributed by atoms with Gasteiger partial charge in [-0.2, -0.15) is 0 Å². The Balaban J connectivity index is 1.56. The normalized spacial score (nSPS) is 14.7. The van der Waals surface area contributed by atoms with Gasteiger partial charge < -0.3 is 14.6 Å². The lowest BCUT2D eigenvalue weighted by molar-refractivity contribution is 0.159. The van der Waals surface area contributed by atoms with Crippen LogP contribution in [0.25, 0.3) is 22.2 Å². The quantitative estimate of drug-likeness (QED) is 0.796. The molecule has 23 heavy (non-hydrogen) atoms. The van der Waals surface area contributed by atoms with Crippen molar-refractivity contribution in [3.05, 3.63) is 40.3 Å². The number of hydrogen-bond donors (Lipinski definition) is 1. The summed E-state index contributed by atoms with van der Waals surface area (Å²) in [6.45, 7) is 3.96. The van der Waals surface area contributed by atoms with Crippen molar-refractivity contribution in [3.63, 3.8) is 0 Å². The molecule has 0 aliphatic carbocycles. The molecule has 1 aliphatic rings. The van der Waals surface area contributed by atoms with E-state index in [2.05, 4.69) is 35.5 Å². The summed E-state index contributed by atoms with van der Waals surface area (Å²) >= 11 is 1.64. The SMILES string of the molecule is Cc1cccc2[nH]cc(-c3csc(CCN4CCOC4=O)n3)c12. The molecule has 4 rings (SSSR count). The number of cyclic esters (lactones) is 1. The first-order chi connectivity index (χ1) is 11.2. The Labute approximate surface area is 137 Å². The minimum atomic E-state index is -0.214. The molecule has 6 heteroatoms. The van der Waals surface area contributed by atoms with Gasteiger partial charge in [0.15, 0.2) is 0 Å². The third kappa shape index (κ3) is 2.59. The Morgan fingerprint density at radius 2 is 2.35 bits per heavy atom. The van der Waals surface area contributed by atoms with Crippen LogP contribution in [-0.2, 0) is 11.2 Å². The molecule has 1 N–H and O–H groups in total. The minimum Gasteiger partial charge on any atom is -0.448 e. The molecule has 0 atom stereocenters. The van der Waals surface area contributed by atoms with E-state index in [1.54, 1.807) is 16.2 Å². The molecule has 1 fully saturated rings. The van der Waals surface area contributed by atoms with Gasteiger partial charge in [0.05, 0.1) is 17.2 Å². The van der Waals surface area contributed by atoms with Crippen LogP contribution in [0.4, 0.5) is 4.79 Å². The number of carbonyl (C=O) groups excluding carboxylic acids is 1. The monoisotopic (exact) mass is 327 g/mol. The summed E-state index contributed by atoms with van der Waals surface area (Å²) in [5.41, 5.74) is 4.51. The van der Waals surface area contributed by atoms with Crippen LogP contribution in [0.2, 0.25) is 0 Å². The van der Waals surface area contributed by atoms with Crippen LogP contribution in [-0.4, -0.2) is 40.7 Å². The van der Waals surface area contributed by atoms with Gasteiger partial charge >= 0.3 is 6.09 Å². The highest BCUT2D eigenvalue weighted by atomic mass is 32.1. The zero-order chi connectivity index (χ0) is 15.8. The summed E-state index contributed by atoms with van der Waals surface area (Å²) in [5, 5.41) is 4.36. The fraction of sp³-hybridized carbons (Fsp3) is 0.294. The predicted molar refractivity (Wildman–Crippen MR) is 90.8 cm³/mol. The van der Waals surface area contributed by atoms with Crippen LogP contribution in [0.5, 0.6) is 0 Å². The first-order valence-electron chi connectivity index (χ1n) is 7.65. The summed E-state index contributed by atoms with van der Waals surface area (Å²) in [7, 11) is 0. The molecule has 1 aromatic carbocycles. The molecule has 0 spiro atoms. The molecule has 0 unspecified atom stereocenters. The van der Waals surface area contributed by atoms with Gasteiger partial charge in [0.25, 0.3) is 0 Å². The number of H-pyrrole nitrogens is 1. The lowest BCUT2D eigenvalue weighted by Crippen LogP contribution is -2.26. The van der Waals surface area contributed by atoms with Crippen LogP contribution in [0.15, 0.2) is 29.8 Å². The average Bonchev–Trinajstić information content (AvgIpc) is 3.24. The lowest BCUT2D eigenvalue weighted by Gasteiger charge is -2.10. The van der Waals surface area contributed by atoms with E-state index >= 15 is 0 Å². The van der Waals surface area contributed by atoms with Gasteiger partial charge in [0.2, 0.25) is 0 Å². The van der Waals surface area contributed by atoms with E-state index in [-0.39, 0.29) is 6.09 Å². The first-order valence-corrected chi connectivity index (χ1v) is 8.53. The van der Waals surface area contributed by atoms with Gasteiger partial charge in [0.1, 0.15) is 6.61 Å². The molecule has 0 radical (unpaired) electrons. The highest BCUT2D eigenvalue weighted by Crippen LogP contribution is 2.31. The number of aromatic amines is 1. The maximum atomic E-state index is 11.5. The number of aromatic nitrogens is 2.